The van der Waals surface area contributed by atoms with Crippen LogP contribution in [0.25, 0.3) is 0 Å². The van der Waals surface area contributed by atoms with Crippen LogP contribution >= 0.6 is 0 Å². The standard InChI is InChI=1S/C15H17N3O3/c1-4-18-12(8-10(3)17-18)14(19)16-13-9(2)6-5-7-11(13)15(20)21/h5-8H,4H2,1-3H3,(H,16,19)(H,20,21). The Balaban J connectivity index is 2.38. The number of carboxylic acids is 1. The molecule has 1 amide bonds. The fourth-order valence-electron chi connectivity index (χ4n) is 2.16. The summed E-state index contributed by atoms with van der Waals surface area (Å²) in [7, 11) is 0. The normalized spacial score (nSPS) is 10.4. The summed E-state index contributed by atoms with van der Waals surface area (Å²) in [6, 6.07) is 6.55. The lowest BCUT2D eigenvalue weighted by atomic mass is 10.1. The number of carbonyl (C=O) groups is 2. The van der Waals surface area contributed by atoms with Crippen LogP contribution in [0.5, 0.6) is 0 Å². The molecule has 21 heavy (non-hydrogen) atoms. The van der Waals surface area contributed by atoms with E-state index in [4.69, 9.17) is 0 Å². The van der Waals surface area contributed by atoms with Crippen molar-refractivity contribution in [1.29, 1.82) is 0 Å². The van der Waals surface area contributed by atoms with Crippen LogP contribution in [0.3, 0.4) is 0 Å². The van der Waals surface area contributed by atoms with E-state index in [0.717, 1.165) is 5.69 Å². The summed E-state index contributed by atoms with van der Waals surface area (Å²) < 4.78 is 1.59. The first-order valence-corrected chi connectivity index (χ1v) is 6.62. The van der Waals surface area contributed by atoms with E-state index in [-0.39, 0.29) is 11.5 Å². The van der Waals surface area contributed by atoms with Gasteiger partial charge >= 0.3 is 5.97 Å². The van der Waals surface area contributed by atoms with Crippen LogP contribution in [0, 0.1) is 13.8 Å². The zero-order valence-corrected chi connectivity index (χ0v) is 12.2. The molecule has 0 aliphatic carbocycles. The van der Waals surface area contributed by atoms with E-state index in [2.05, 4.69) is 10.4 Å². The SMILES string of the molecule is CCn1nc(C)cc1C(=O)Nc1c(C)cccc1C(=O)O. The molecular weight excluding hydrogens is 270 g/mol. The molecule has 2 rings (SSSR count). The molecule has 0 unspecified atom stereocenters. The van der Waals surface area contributed by atoms with E-state index in [1.165, 1.54) is 6.07 Å². The van der Waals surface area contributed by atoms with E-state index in [0.29, 0.717) is 23.5 Å². The van der Waals surface area contributed by atoms with Gasteiger partial charge in [0, 0.05) is 6.54 Å². The van der Waals surface area contributed by atoms with Gasteiger partial charge in [0.05, 0.1) is 16.9 Å². The highest BCUT2D eigenvalue weighted by Gasteiger charge is 2.18. The van der Waals surface area contributed by atoms with Crippen LogP contribution in [-0.4, -0.2) is 26.8 Å². The van der Waals surface area contributed by atoms with Crippen molar-refractivity contribution in [3.8, 4) is 0 Å². The van der Waals surface area contributed by atoms with Gasteiger partial charge in [-0.3, -0.25) is 9.48 Å². The summed E-state index contributed by atoms with van der Waals surface area (Å²) in [5, 5.41) is 16.1. The molecular formula is C15H17N3O3. The third kappa shape index (κ3) is 2.94. The first-order valence-electron chi connectivity index (χ1n) is 6.62. The van der Waals surface area contributed by atoms with E-state index in [9.17, 15) is 14.7 Å². The minimum Gasteiger partial charge on any atom is -0.478 e. The van der Waals surface area contributed by atoms with Crippen molar-refractivity contribution in [2.75, 3.05) is 5.32 Å². The Bertz CT molecular complexity index is 704. The highest BCUT2D eigenvalue weighted by Crippen LogP contribution is 2.21. The van der Waals surface area contributed by atoms with Crippen LogP contribution in [0.2, 0.25) is 0 Å². The Kier molecular flexibility index (Phi) is 4.07. The van der Waals surface area contributed by atoms with Gasteiger partial charge in [-0.1, -0.05) is 12.1 Å². The van der Waals surface area contributed by atoms with E-state index in [1.807, 2.05) is 6.92 Å². The fourth-order valence-corrected chi connectivity index (χ4v) is 2.16. The van der Waals surface area contributed by atoms with E-state index < -0.39 is 5.97 Å². The average Bonchev–Trinajstić information content (AvgIpc) is 2.82. The number of nitrogens with zero attached hydrogens (tertiary/aromatic N) is 2. The van der Waals surface area contributed by atoms with Crippen molar-refractivity contribution >= 4 is 17.6 Å². The molecule has 0 bridgehead atoms. The number of hydrogen-bond donors (Lipinski definition) is 2. The predicted molar refractivity (Wildman–Crippen MR) is 78.7 cm³/mol. The second kappa shape index (κ2) is 5.78. The molecule has 1 aromatic carbocycles. The van der Waals surface area contributed by atoms with Crippen molar-refractivity contribution < 1.29 is 14.7 Å². The van der Waals surface area contributed by atoms with Gasteiger partial charge in [0.15, 0.2) is 0 Å². The highest BCUT2D eigenvalue weighted by molar-refractivity contribution is 6.07. The molecule has 6 heteroatoms. The van der Waals surface area contributed by atoms with Crippen molar-refractivity contribution in [3.63, 3.8) is 0 Å². The average molecular weight is 287 g/mol. The van der Waals surface area contributed by atoms with Gasteiger partial charge in [-0.2, -0.15) is 5.10 Å². The Morgan fingerprint density at radius 2 is 2.05 bits per heavy atom. The van der Waals surface area contributed by atoms with Gasteiger partial charge in [-0.05, 0) is 38.5 Å². The van der Waals surface area contributed by atoms with E-state index in [1.54, 1.807) is 36.7 Å². The maximum absolute atomic E-state index is 12.4. The second-order valence-corrected chi connectivity index (χ2v) is 4.74. The predicted octanol–water partition coefficient (Wildman–Crippen LogP) is 2.47. The number of anilines is 1. The summed E-state index contributed by atoms with van der Waals surface area (Å²) >= 11 is 0. The molecule has 0 fully saturated rings. The number of aryl methyl sites for hydroxylation is 3. The minimum absolute atomic E-state index is 0.0719. The summed E-state index contributed by atoms with van der Waals surface area (Å²) in [5.74, 6) is -1.44. The maximum atomic E-state index is 12.4. The molecule has 6 nitrogen and oxygen atoms in total. The zero-order valence-electron chi connectivity index (χ0n) is 12.2. The Morgan fingerprint density at radius 1 is 1.33 bits per heavy atom. The molecule has 2 N–H and O–H groups in total. The number of carbonyl (C=O) groups excluding carboxylic acids is 1. The van der Waals surface area contributed by atoms with Crippen LogP contribution in [-0.2, 0) is 6.54 Å². The maximum Gasteiger partial charge on any atom is 0.337 e. The second-order valence-electron chi connectivity index (χ2n) is 4.74. The summed E-state index contributed by atoms with van der Waals surface area (Å²) in [4.78, 5) is 23.6. The van der Waals surface area contributed by atoms with Gasteiger partial charge in [0.1, 0.15) is 5.69 Å². The van der Waals surface area contributed by atoms with Gasteiger partial charge in [0.2, 0.25) is 0 Å². The van der Waals surface area contributed by atoms with Gasteiger partial charge in [-0.15, -0.1) is 0 Å². The minimum atomic E-state index is -1.07. The molecule has 0 atom stereocenters. The number of amides is 1. The number of benzene rings is 1. The first-order chi connectivity index (χ1) is 9.93. The fraction of sp³-hybridized carbons (Fsp3) is 0.267. The number of aromatic carboxylic acids is 1. The largest absolute Gasteiger partial charge is 0.478 e. The monoisotopic (exact) mass is 287 g/mol. The van der Waals surface area contributed by atoms with Crippen LogP contribution in [0.15, 0.2) is 24.3 Å². The van der Waals surface area contributed by atoms with Crippen molar-refractivity contribution in [2.24, 2.45) is 0 Å². The lowest BCUT2D eigenvalue weighted by Crippen LogP contribution is -2.19. The number of nitrogens with one attached hydrogen (secondary N) is 1. The lowest BCUT2D eigenvalue weighted by molar-refractivity contribution is 0.0698. The zero-order chi connectivity index (χ0) is 15.6. The summed E-state index contributed by atoms with van der Waals surface area (Å²) in [5.41, 5.74) is 2.24. The van der Waals surface area contributed by atoms with Crippen molar-refractivity contribution in [2.45, 2.75) is 27.3 Å². The number of aromatic nitrogens is 2. The molecule has 0 spiro atoms. The van der Waals surface area contributed by atoms with Crippen molar-refractivity contribution in [3.05, 3.63) is 46.8 Å². The smallest absolute Gasteiger partial charge is 0.337 e. The molecule has 1 aromatic heterocycles. The quantitative estimate of drug-likeness (QED) is 0.904. The number of para-hydroxylation sites is 1. The van der Waals surface area contributed by atoms with E-state index >= 15 is 0 Å². The number of hydrogen-bond acceptors (Lipinski definition) is 3. The molecule has 0 radical (unpaired) electrons. The topological polar surface area (TPSA) is 84.2 Å². The Morgan fingerprint density at radius 3 is 2.67 bits per heavy atom. The molecule has 2 aromatic rings. The first kappa shape index (κ1) is 14.8. The third-order valence-corrected chi connectivity index (χ3v) is 3.18. The molecule has 110 valence electrons. The molecule has 0 aliphatic heterocycles. The third-order valence-electron chi connectivity index (χ3n) is 3.18. The van der Waals surface area contributed by atoms with Crippen molar-refractivity contribution in [1.82, 2.24) is 9.78 Å². The van der Waals surface area contributed by atoms with Crippen LogP contribution < -0.4 is 5.32 Å². The van der Waals surface area contributed by atoms with Crippen LogP contribution in [0.4, 0.5) is 5.69 Å². The highest BCUT2D eigenvalue weighted by atomic mass is 16.4. The van der Waals surface area contributed by atoms with Gasteiger partial charge in [0.25, 0.3) is 5.91 Å². The number of rotatable bonds is 4. The summed E-state index contributed by atoms with van der Waals surface area (Å²) in [6.07, 6.45) is 0. The Hall–Kier alpha value is -2.63. The molecule has 1 heterocycles. The Labute approximate surface area is 122 Å². The lowest BCUT2D eigenvalue weighted by Gasteiger charge is -2.12. The molecule has 0 aliphatic rings. The molecule has 0 saturated carbocycles. The van der Waals surface area contributed by atoms with Crippen LogP contribution in [0.1, 0.15) is 39.0 Å². The molecule has 0 saturated heterocycles. The van der Waals surface area contributed by atoms with Gasteiger partial charge < -0.3 is 10.4 Å². The number of carboxylic acid groups (broad SMARTS) is 1. The summed E-state index contributed by atoms with van der Waals surface area (Å²) in [6.45, 7) is 6.01. The van der Waals surface area contributed by atoms with Gasteiger partial charge in [-0.25, -0.2) is 4.79 Å².